The van der Waals surface area contributed by atoms with Crippen molar-refractivity contribution in [3.8, 4) is 17.2 Å². The molecule has 7 rings (SSSR count). The van der Waals surface area contributed by atoms with Crippen molar-refractivity contribution in [2.24, 2.45) is 11.3 Å². The van der Waals surface area contributed by atoms with Gasteiger partial charge in [0.15, 0.2) is 6.35 Å². The van der Waals surface area contributed by atoms with Gasteiger partial charge in [-0.1, -0.05) is 11.6 Å². The summed E-state index contributed by atoms with van der Waals surface area (Å²) < 4.78 is 3.25. The minimum Gasteiger partial charge on any atom is -0.374 e. The van der Waals surface area contributed by atoms with Gasteiger partial charge >= 0.3 is 0 Å². The van der Waals surface area contributed by atoms with E-state index in [4.69, 9.17) is 11.6 Å². The van der Waals surface area contributed by atoms with Crippen molar-refractivity contribution in [2.75, 3.05) is 19.6 Å². The quantitative estimate of drug-likeness (QED) is 0.257. The molecule has 4 aromatic rings. The first-order valence-electron chi connectivity index (χ1n) is 14.7. The van der Waals surface area contributed by atoms with Crippen molar-refractivity contribution >= 4 is 44.1 Å². The standard InChI is InChI=1S/C32H35ClN6O2S/c1-20-12-28(40)39(31(41)38(20)16-21-2-3-21)17-24-15-27-30(42-24)25(4-8-36-27)26-14-23(33)13-22-5-11-37(29(22)26)19-32(18-34)6-9-35-10-7-32/h4-5,8,11-15,21,28,31,35,40-41H,2-3,6-7,9-10,16-17,19H2,1H3. The van der Waals surface area contributed by atoms with Crippen LogP contribution in [0.5, 0.6) is 0 Å². The molecule has 3 aliphatic rings. The van der Waals surface area contributed by atoms with Gasteiger partial charge in [-0.2, -0.15) is 5.26 Å². The third-order valence-electron chi connectivity index (χ3n) is 9.10. The molecule has 2 aliphatic heterocycles. The third-order valence-corrected chi connectivity index (χ3v) is 10.5. The van der Waals surface area contributed by atoms with Crippen LogP contribution in [0.15, 0.2) is 54.5 Å². The summed E-state index contributed by atoms with van der Waals surface area (Å²) >= 11 is 8.29. The number of fused-ring (bicyclic) bond motifs is 2. The highest BCUT2D eigenvalue weighted by molar-refractivity contribution is 7.19. The number of aliphatic hydroxyl groups is 2. The maximum absolute atomic E-state index is 11.2. The van der Waals surface area contributed by atoms with Gasteiger partial charge in [0.2, 0.25) is 0 Å². The monoisotopic (exact) mass is 602 g/mol. The average Bonchev–Trinajstić information content (AvgIpc) is 3.58. The smallest absolute Gasteiger partial charge is 0.188 e. The van der Waals surface area contributed by atoms with Gasteiger partial charge in [0.1, 0.15) is 6.23 Å². The van der Waals surface area contributed by atoms with Crippen LogP contribution in [0.25, 0.3) is 32.2 Å². The fraction of sp³-hybridized carbons (Fsp3) is 0.438. The highest BCUT2D eigenvalue weighted by Gasteiger charge is 2.36. The molecular weight excluding hydrogens is 568 g/mol. The number of thiophene rings is 1. The largest absolute Gasteiger partial charge is 0.374 e. The van der Waals surface area contributed by atoms with Crippen molar-refractivity contribution in [1.29, 1.82) is 5.26 Å². The van der Waals surface area contributed by atoms with Gasteiger partial charge < -0.3 is 25.0 Å². The topological polar surface area (TPSA) is 101 Å². The normalized spacial score (nSPS) is 22.9. The number of aliphatic hydroxyl groups excluding tert-OH is 2. The summed E-state index contributed by atoms with van der Waals surface area (Å²) in [5.41, 5.74) is 4.48. The van der Waals surface area contributed by atoms with E-state index >= 15 is 0 Å². The Balaban J connectivity index is 1.25. The molecule has 0 radical (unpaired) electrons. The predicted molar refractivity (Wildman–Crippen MR) is 166 cm³/mol. The molecule has 0 bridgehead atoms. The Morgan fingerprint density at radius 1 is 1.17 bits per heavy atom. The third kappa shape index (κ3) is 5.11. The second-order valence-electron chi connectivity index (χ2n) is 12.1. The molecule has 1 saturated heterocycles. The van der Waals surface area contributed by atoms with Crippen LogP contribution in [0.4, 0.5) is 0 Å². The van der Waals surface area contributed by atoms with Crippen LogP contribution in [0.3, 0.4) is 0 Å². The van der Waals surface area contributed by atoms with Crippen LogP contribution in [-0.2, 0) is 13.1 Å². The van der Waals surface area contributed by atoms with Crippen LogP contribution in [-0.4, -0.2) is 61.8 Å². The Morgan fingerprint density at radius 2 is 1.98 bits per heavy atom. The lowest BCUT2D eigenvalue weighted by Crippen LogP contribution is -2.55. The van der Waals surface area contributed by atoms with Crippen LogP contribution in [0.2, 0.25) is 5.02 Å². The number of halogens is 1. The van der Waals surface area contributed by atoms with E-state index < -0.39 is 18.0 Å². The summed E-state index contributed by atoms with van der Waals surface area (Å²) in [5, 5.41) is 37.4. The van der Waals surface area contributed by atoms with Crippen LogP contribution in [0.1, 0.15) is 37.5 Å². The average molecular weight is 603 g/mol. The molecule has 0 spiro atoms. The molecule has 42 heavy (non-hydrogen) atoms. The molecule has 3 aromatic heterocycles. The highest BCUT2D eigenvalue weighted by Crippen LogP contribution is 2.41. The molecule has 1 saturated carbocycles. The SMILES string of the molecule is CC1=CC(O)N(Cc2cc3nccc(-c4cc(Cl)cc5ccn(CC6(C#N)CCNCC6)c45)c3s2)C(O)N1CC1CC1. The van der Waals surface area contributed by atoms with Crippen LogP contribution in [0, 0.1) is 22.7 Å². The summed E-state index contributed by atoms with van der Waals surface area (Å²) in [6.07, 6.45) is 7.99. The number of nitrogens with one attached hydrogen (secondary N) is 1. The van der Waals surface area contributed by atoms with E-state index in [1.54, 1.807) is 16.2 Å². The fourth-order valence-corrected chi connectivity index (χ4v) is 7.92. The van der Waals surface area contributed by atoms with E-state index in [0.717, 1.165) is 75.3 Å². The number of hydrogen-bond donors (Lipinski definition) is 3. The van der Waals surface area contributed by atoms with E-state index in [9.17, 15) is 15.5 Å². The first kappa shape index (κ1) is 27.8. The molecule has 2 fully saturated rings. The van der Waals surface area contributed by atoms with Gasteiger partial charge in [-0.3, -0.25) is 4.98 Å². The van der Waals surface area contributed by atoms with Crippen molar-refractivity contribution in [3.63, 3.8) is 0 Å². The number of nitrogens with zero attached hydrogens (tertiary/aromatic N) is 5. The molecule has 2 atom stereocenters. The first-order valence-corrected chi connectivity index (χ1v) is 15.9. The second kappa shape index (κ2) is 10.9. The summed E-state index contributed by atoms with van der Waals surface area (Å²) in [7, 11) is 0. The Labute approximate surface area is 254 Å². The number of hydrogen-bond acceptors (Lipinski definition) is 8. The summed E-state index contributed by atoms with van der Waals surface area (Å²) in [5.74, 6) is 0.613. The zero-order chi connectivity index (χ0) is 29.0. The number of piperidine rings is 1. The maximum Gasteiger partial charge on any atom is 0.188 e. The second-order valence-corrected chi connectivity index (χ2v) is 13.7. The first-order chi connectivity index (χ1) is 20.3. The fourth-order valence-electron chi connectivity index (χ4n) is 6.54. The van der Waals surface area contributed by atoms with E-state index in [-0.39, 0.29) is 0 Å². The van der Waals surface area contributed by atoms with Crippen molar-refractivity contribution < 1.29 is 10.2 Å². The van der Waals surface area contributed by atoms with E-state index in [1.807, 2.05) is 42.3 Å². The number of allylic oxidation sites excluding steroid dienone is 1. The van der Waals surface area contributed by atoms with E-state index in [0.29, 0.717) is 24.0 Å². The van der Waals surface area contributed by atoms with Gasteiger partial charge in [0.05, 0.1) is 27.2 Å². The molecule has 3 N–H and O–H groups in total. The molecule has 218 valence electrons. The number of rotatable bonds is 7. The number of benzene rings is 1. The molecule has 2 unspecified atom stereocenters. The zero-order valence-electron chi connectivity index (χ0n) is 23.6. The lowest BCUT2D eigenvalue weighted by atomic mass is 9.80. The van der Waals surface area contributed by atoms with E-state index in [2.05, 4.69) is 39.3 Å². The molecule has 1 aliphatic carbocycles. The van der Waals surface area contributed by atoms with Crippen molar-refractivity contribution in [2.45, 2.75) is 58.3 Å². The Bertz CT molecular complexity index is 1710. The molecule has 5 heterocycles. The van der Waals surface area contributed by atoms with E-state index in [1.165, 1.54) is 12.8 Å². The molecule has 0 amide bonds. The Kier molecular flexibility index (Phi) is 7.25. The number of aromatic nitrogens is 2. The zero-order valence-corrected chi connectivity index (χ0v) is 25.2. The summed E-state index contributed by atoms with van der Waals surface area (Å²) in [6.45, 7) is 5.48. The van der Waals surface area contributed by atoms with Crippen LogP contribution < -0.4 is 5.32 Å². The predicted octanol–water partition coefficient (Wildman–Crippen LogP) is 5.49. The van der Waals surface area contributed by atoms with Gasteiger partial charge in [-0.15, -0.1) is 11.3 Å². The lowest BCUT2D eigenvalue weighted by Gasteiger charge is -2.43. The molecule has 8 nitrogen and oxygen atoms in total. The summed E-state index contributed by atoms with van der Waals surface area (Å²) in [4.78, 5) is 9.41. The molecule has 1 aromatic carbocycles. The van der Waals surface area contributed by atoms with Crippen molar-refractivity contribution in [1.82, 2.24) is 24.7 Å². The molecular formula is C32H35ClN6O2S. The minimum absolute atomic E-state index is 0.397. The van der Waals surface area contributed by atoms with Crippen LogP contribution >= 0.6 is 22.9 Å². The summed E-state index contributed by atoms with van der Waals surface area (Å²) in [6, 6.07) is 12.8. The number of pyridine rings is 1. The minimum atomic E-state index is -0.887. The van der Waals surface area contributed by atoms with Crippen molar-refractivity contribution in [3.05, 3.63) is 64.4 Å². The van der Waals surface area contributed by atoms with Gasteiger partial charge in [0, 0.05) is 64.1 Å². The Hall–Kier alpha value is -2.97. The molecule has 10 heteroatoms. The maximum atomic E-state index is 11.2. The Morgan fingerprint density at radius 3 is 2.74 bits per heavy atom. The lowest BCUT2D eigenvalue weighted by molar-refractivity contribution is -0.166. The van der Waals surface area contributed by atoms with Gasteiger partial charge in [-0.25, -0.2) is 4.90 Å². The van der Waals surface area contributed by atoms with Gasteiger partial charge in [0.25, 0.3) is 0 Å². The highest BCUT2D eigenvalue weighted by atomic mass is 35.5. The van der Waals surface area contributed by atoms with Gasteiger partial charge in [-0.05, 0) is 88.0 Å². The number of nitriles is 1.